The topological polar surface area (TPSA) is 18.5 Å². The van der Waals surface area contributed by atoms with Gasteiger partial charge in [0, 0.05) is 5.92 Å². The summed E-state index contributed by atoms with van der Waals surface area (Å²) in [5.74, 6) is 2.26. The van der Waals surface area contributed by atoms with E-state index in [2.05, 4.69) is 20.8 Å². The van der Waals surface area contributed by atoms with Gasteiger partial charge in [0.05, 0.1) is 12.7 Å². The van der Waals surface area contributed by atoms with E-state index in [0.29, 0.717) is 12.0 Å². The Morgan fingerprint density at radius 1 is 1.09 bits per heavy atom. The highest BCUT2D eigenvalue weighted by molar-refractivity contribution is 4.94. The van der Waals surface area contributed by atoms with Crippen LogP contribution in [0.2, 0.25) is 0 Å². The van der Waals surface area contributed by atoms with Crippen molar-refractivity contribution in [1.29, 1.82) is 0 Å². The predicted octanol–water partition coefficient (Wildman–Crippen LogP) is 1.65. The molecule has 0 bridgehead atoms. The summed E-state index contributed by atoms with van der Waals surface area (Å²) in [6.45, 7) is 7.38. The van der Waals surface area contributed by atoms with Crippen LogP contribution in [0.4, 0.5) is 0 Å². The van der Waals surface area contributed by atoms with Gasteiger partial charge in [-0.15, -0.1) is 0 Å². The smallest absolute Gasteiger partial charge is 0.161 e. The average molecular weight is 156 g/mol. The van der Waals surface area contributed by atoms with Crippen molar-refractivity contribution in [1.82, 2.24) is 0 Å². The van der Waals surface area contributed by atoms with Crippen LogP contribution in [0.15, 0.2) is 0 Å². The lowest BCUT2D eigenvalue weighted by Gasteiger charge is -2.07. The van der Waals surface area contributed by atoms with Gasteiger partial charge in [-0.05, 0) is 18.8 Å². The van der Waals surface area contributed by atoms with Crippen molar-refractivity contribution < 1.29 is 9.47 Å². The fourth-order valence-corrected chi connectivity index (χ4v) is 1.94. The Morgan fingerprint density at radius 3 is 2.09 bits per heavy atom. The third kappa shape index (κ3) is 1.18. The summed E-state index contributed by atoms with van der Waals surface area (Å²) in [5.41, 5.74) is 0. The van der Waals surface area contributed by atoms with E-state index >= 15 is 0 Å². The zero-order chi connectivity index (χ0) is 8.01. The number of rotatable bonds is 1. The fourth-order valence-electron chi connectivity index (χ4n) is 1.94. The highest BCUT2D eigenvalue weighted by Gasteiger charge is 2.51. The molecule has 0 aromatic heterocycles. The summed E-state index contributed by atoms with van der Waals surface area (Å²) in [6, 6.07) is 0. The van der Waals surface area contributed by atoms with Crippen LogP contribution in [0, 0.1) is 17.8 Å². The molecule has 64 valence electrons. The van der Waals surface area contributed by atoms with E-state index in [1.807, 2.05) is 0 Å². The molecule has 4 unspecified atom stereocenters. The summed E-state index contributed by atoms with van der Waals surface area (Å²) < 4.78 is 11.1. The molecule has 2 nitrogen and oxygen atoms in total. The summed E-state index contributed by atoms with van der Waals surface area (Å²) in [7, 11) is 0. The van der Waals surface area contributed by atoms with Crippen LogP contribution >= 0.6 is 0 Å². The third-order valence-electron chi connectivity index (χ3n) is 3.08. The van der Waals surface area contributed by atoms with E-state index in [0.717, 1.165) is 18.4 Å². The summed E-state index contributed by atoms with van der Waals surface area (Å²) >= 11 is 0. The summed E-state index contributed by atoms with van der Waals surface area (Å²) in [6.07, 6.45) is 0.412. The van der Waals surface area contributed by atoms with Gasteiger partial charge in [-0.3, -0.25) is 0 Å². The minimum Gasteiger partial charge on any atom is -0.350 e. The lowest BCUT2D eigenvalue weighted by Crippen LogP contribution is -2.13. The maximum atomic E-state index is 5.60. The molecule has 4 atom stereocenters. The quantitative estimate of drug-likeness (QED) is 0.574. The second kappa shape index (κ2) is 2.46. The van der Waals surface area contributed by atoms with Crippen LogP contribution in [0.5, 0.6) is 0 Å². The molecule has 0 spiro atoms. The Morgan fingerprint density at radius 2 is 1.73 bits per heavy atom. The molecular weight excluding hydrogens is 140 g/mol. The number of hydrogen-bond acceptors (Lipinski definition) is 2. The maximum Gasteiger partial charge on any atom is 0.161 e. The van der Waals surface area contributed by atoms with Crippen LogP contribution in [0.1, 0.15) is 20.8 Å². The van der Waals surface area contributed by atoms with E-state index in [1.54, 1.807) is 0 Å². The Hall–Kier alpha value is -0.0800. The van der Waals surface area contributed by atoms with Gasteiger partial charge in [0.2, 0.25) is 0 Å². The molecule has 1 saturated carbocycles. The van der Waals surface area contributed by atoms with Gasteiger partial charge in [-0.2, -0.15) is 0 Å². The fraction of sp³-hybridized carbons (Fsp3) is 1.00. The van der Waals surface area contributed by atoms with Crippen molar-refractivity contribution >= 4 is 0 Å². The normalized spacial score (nSPS) is 56.5. The number of ether oxygens (including phenoxy) is 2. The molecule has 0 radical (unpaired) electrons. The predicted molar refractivity (Wildman–Crippen MR) is 42.1 cm³/mol. The first-order valence-corrected chi connectivity index (χ1v) is 4.47. The van der Waals surface area contributed by atoms with Crippen LogP contribution in [0.3, 0.4) is 0 Å². The third-order valence-corrected chi connectivity index (χ3v) is 3.08. The molecular formula is C9H16O2. The first-order chi connectivity index (χ1) is 5.20. The Balaban J connectivity index is 1.89. The van der Waals surface area contributed by atoms with Crippen molar-refractivity contribution in [3.63, 3.8) is 0 Å². The van der Waals surface area contributed by atoms with Crippen LogP contribution in [0.25, 0.3) is 0 Å². The lowest BCUT2D eigenvalue weighted by molar-refractivity contribution is -0.0747. The van der Waals surface area contributed by atoms with Gasteiger partial charge in [-0.25, -0.2) is 0 Å². The second-order valence-electron chi connectivity index (χ2n) is 3.94. The molecule has 0 aromatic carbocycles. The van der Waals surface area contributed by atoms with Crippen LogP contribution < -0.4 is 0 Å². The van der Waals surface area contributed by atoms with E-state index in [-0.39, 0.29) is 6.29 Å². The summed E-state index contributed by atoms with van der Waals surface area (Å²) in [4.78, 5) is 0. The lowest BCUT2D eigenvalue weighted by atomic mass is 10.3. The van der Waals surface area contributed by atoms with Crippen molar-refractivity contribution in [2.75, 3.05) is 6.61 Å². The molecule has 1 aliphatic carbocycles. The van der Waals surface area contributed by atoms with E-state index < -0.39 is 0 Å². The summed E-state index contributed by atoms with van der Waals surface area (Å²) in [5, 5.41) is 0. The van der Waals surface area contributed by atoms with Gasteiger partial charge < -0.3 is 9.47 Å². The molecule has 0 amide bonds. The zero-order valence-electron chi connectivity index (χ0n) is 7.41. The first-order valence-electron chi connectivity index (χ1n) is 4.47. The molecule has 2 aliphatic rings. The molecule has 2 heteroatoms. The van der Waals surface area contributed by atoms with Crippen molar-refractivity contribution in [3.8, 4) is 0 Å². The van der Waals surface area contributed by atoms with Crippen molar-refractivity contribution in [2.45, 2.75) is 33.2 Å². The molecule has 1 saturated heterocycles. The highest BCUT2D eigenvalue weighted by atomic mass is 16.7. The van der Waals surface area contributed by atoms with Crippen LogP contribution in [-0.2, 0) is 9.47 Å². The van der Waals surface area contributed by atoms with E-state index in [4.69, 9.17) is 9.47 Å². The van der Waals surface area contributed by atoms with Gasteiger partial charge >= 0.3 is 0 Å². The van der Waals surface area contributed by atoms with Crippen LogP contribution in [-0.4, -0.2) is 19.0 Å². The molecule has 0 aromatic rings. The second-order valence-corrected chi connectivity index (χ2v) is 3.94. The molecule has 1 aliphatic heterocycles. The Bertz CT molecular complexity index is 150. The maximum absolute atomic E-state index is 5.60. The van der Waals surface area contributed by atoms with Gasteiger partial charge in [0.1, 0.15) is 0 Å². The first kappa shape index (κ1) is 7.56. The molecule has 11 heavy (non-hydrogen) atoms. The Kier molecular flexibility index (Phi) is 1.69. The largest absolute Gasteiger partial charge is 0.350 e. The molecule has 0 N–H and O–H groups in total. The molecule has 2 fully saturated rings. The monoisotopic (exact) mass is 156 g/mol. The number of hydrogen-bond donors (Lipinski definition) is 0. The average Bonchev–Trinajstić information content (AvgIpc) is 2.44. The van der Waals surface area contributed by atoms with Gasteiger partial charge in [0.25, 0.3) is 0 Å². The SMILES string of the molecule is CC1COC(C2C(C)C2C)O1. The Labute approximate surface area is 67.9 Å². The minimum absolute atomic E-state index is 0.106. The molecule has 1 heterocycles. The van der Waals surface area contributed by atoms with Crippen molar-refractivity contribution in [3.05, 3.63) is 0 Å². The standard InChI is InChI=1S/C9H16O2/c1-5-4-10-9(11-5)8-6(2)7(8)3/h5-9H,4H2,1-3H3. The zero-order valence-corrected chi connectivity index (χ0v) is 7.41. The molecule has 2 rings (SSSR count). The van der Waals surface area contributed by atoms with Gasteiger partial charge in [-0.1, -0.05) is 13.8 Å². The van der Waals surface area contributed by atoms with Crippen molar-refractivity contribution in [2.24, 2.45) is 17.8 Å². The van der Waals surface area contributed by atoms with E-state index in [9.17, 15) is 0 Å². The van der Waals surface area contributed by atoms with E-state index in [1.165, 1.54) is 0 Å². The van der Waals surface area contributed by atoms with Gasteiger partial charge in [0.15, 0.2) is 6.29 Å². The minimum atomic E-state index is 0.106. The highest BCUT2D eigenvalue weighted by Crippen LogP contribution is 2.50.